The molecule has 2 saturated heterocycles. The van der Waals surface area contributed by atoms with Gasteiger partial charge in [0.15, 0.2) is 0 Å². The largest absolute Gasteiger partial charge is 0.347 e. The summed E-state index contributed by atoms with van der Waals surface area (Å²) in [4.78, 5) is 14.6. The van der Waals surface area contributed by atoms with Crippen LogP contribution >= 0.6 is 0 Å². The summed E-state index contributed by atoms with van der Waals surface area (Å²) < 4.78 is 6.60. The third-order valence-corrected chi connectivity index (χ3v) is 6.94. The van der Waals surface area contributed by atoms with Crippen LogP contribution in [-0.4, -0.2) is 28.2 Å². The highest BCUT2D eigenvalue weighted by Gasteiger charge is 2.73. The number of hydrogen-bond donors (Lipinski definition) is 0. The van der Waals surface area contributed by atoms with Gasteiger partial charge >= 0.3 is 0 Å². The molecule has 3 saturated carbocycles. The van der Waals surface area contributed by atoms with Gasteiger partial charge in [-0.05, 0) is 43.9 Å². The summed E-state index contributed by atoms with van der Waals surface area (Å²) in [6.07, 6.45) is 3.28. The molecule has 2 bridgehead atoms. The molecular formula is C16H25NO2. The predicted octanol–water partition coefficient (Wildman–Crippen LogP) is 2.79. The molecule has 0 N–H and O–H groups in total. The van der Waals surface area contributed by atoms with E-state index in [-0.39, 0.29) is 17.2 Å². The van der Waals surface area contributed by atoms with E-state index in [4.69, 9.17) is 4.74 Å². The smallest absolute Gasteiger partial charge is 0.228 e. The van der Waals surface area contributed by atoms with E-state index >= 15 is 0 Å². The lowest BCUT2D eigenvalue weighted by atomic mass is 9.43. The first-order valence-corrected chi connectivity index (χ1v) is 7.73. The van der Waals surface area contributed by atoms with Crippen LogP contribution in [0.25, 0.3) is 0 Å². The normalized spacial score (nSPS) is 57.7. The van der Waals surface area contributed by atoms with Gasteiger partial charge in [-0.1, -0.05) is 20.8 Å². The van der Waals surface area contributed by atoms with Gasteiger partial charge in [0.25, 0.3) is 0 Å². The molecule has 0 radical (unpaired) electrons. The first-order chi connectivity index (χ1) is 8.70. The van der Waals surface area contributed by atoms with Gasteiger partial charge in [0, 0.05) is 12.3 Å². The van der Waals surface area contributed by atoms with Gasteiger partial charge in [-0.15, -0.1) is 0 Å². The van der Waals surface area contributed by atoms with Crippen molar-refractivity contribution < 1.29 is 9.53 Å². The molecule has 5 aliphatic rings. The number of amides is 1. The van der Waals surface area contributed by atoms with Crippen molar-refractivity contribution in [1.29, 1.82) is 0 Å². The number of carbonyl (C=O) groups is 1. The van der Waals surface area contributed by atoms with E-state index in [1.165, 1.54) is 6.42 Å². The average Bonchev–Trinajstić information content (AvgIpc) is 2.64. The van der Waals surface area contributed by atoms with Crippen LogP contribution in [-0.2, 0) is 9.53 Å². The van der Waals surface area contributed by atoms with E-state index in [2.05, 4.69) is 32.6 Å². The highest BCUT2D eigenvalue weighted by molar-refractivity contribution is 5.82. The lowest BCUT2D eigenvalue weighted by Gasteiger charge is -2.65. The van der Waals surface area contributed by atoms with Crippen molar-refractivity contribution in [3.63, 3.8) is 0 Å². The fraction of sp³-hybridized carbons (Fsp3) is 0.938. The molecule has 106 valence electrons. The molecule has 3 heteroatoms. The lowest BCUT2D eigenvalue weighted by Crippen LogP contribution is -2.67. The summed E-state index contributed by atoms with van der Waals surface area (Å²) in [5.74, 6) is 1.82. The lowest BCUT2D eigenvalue weighted by molar-refractivity contribution is -0.224. The van der Waals surface area contributed by atoms with Crippen LogP contribution in [0.2, 0.25) is 0 Å². The molecule has 2 aliphatic heterocycles. The molecule has 3 aliphatic carbocycles. The van der Waals surface area contributed by atoms with Crippen molar-refractivity contribution in [2.24, 2.45) is 23.2 Å². The second-order valence-corrected chi connectivity index (χ2v) is 8.33. The molecule has 6 atom stereocenters. The van der Waals surface area contributed by atoms with E-state index in [0.29, 0.717) is 23.3 Å². The number of carbonyl (C=O) groups excluding carboxylic acids is 1. The zero-order chi connectivity index (χ0) is 13.8. The highest BCUT2D eigenvalue weighted by Crippen LogP contribution is 2.68. The minimum absolute atomic E-state index is 0.122. The maximum Gasteiger partial charge on any atom is 0.228 e. The molecule has 0 aromatic rings. The van der Waals surface area contributed by atoms with Crippen LogP contribution in [0, 0.1) is 23.2 Å². The number of ether oxygens (including phenoxy) is 1. The third kappa shape index (κ3) is 1.14. The van der Waals surface area contributed by atoms with Crippen LogP contribution in [0.3, 0.4) is 0 Å². The fourth-order valence-corrected chi connectivity index (χ4v) is 5.90. The molecule has 0 aromatic carbocycles. The van der Waals surface area contributed by atoms with Gasteiger partial charge in [-0.3, -0.25) is 4.79 Å². The molecule has 5 rings (SSSR count). The Hall–Kier alpha value is -0.570. The summed E-state index contributed by atoms with van der Waals surface area (Å²) in [6.45, 7) is 11.2. The Labute approximate surface area is 115 Å². The monoisotopic (exact) mass is 263 g/mol. The molecule has 19 heavy (non-hydrogen) atoms. The Kier molecular flexibility index (Phi) is 1.94. The van der Waals surface area contributed by atoms with Crippen molar-refractivity contribution in [2.75, 3.05) is 0 Å². The maximum atomic E-state index is 12.5. The quantitative estimate of drug-likeness (QED) is 0.672. The number of fused-ring (bicyclic) bond motifs is 1. The average molecular weight is 263 g/mol. The first kappa shape index (κ1) is 12.2. The summed E-state index contributed by atoms with van der Waals surface area (Å²) >= 11 is 0. The number of hydrogen-bond acceptors (Lipinski definition) is 2. The number of nitrogens with zero attached hydrogens (tertiary/aromatic N) is 1. The molecule has 0 aromatic heterocycles. The van der Waals surface area contributed by atoms with E-state index in [1.54, 1.807) is 0 Å². The van der Waals surface area contributed by atoms with E-state index in [9.17, 15) is 4.79 Å². The van der Waals surface area contributed by atoms with Gasteiger partial charge in [0.05, 0.1) is 11.6 Å². The standard InChI is InChI=1S/C16H25NO2/c1-9-8-15(4)17(13(9)18)12-7-10-6-11(14(10,2)3)16(12,5)19-15/h9-12H,6-8H2,1-5H3/t9-,10-,11-,12+,15-,16-/m1/s1. The molecular weight excluding hydrogens is 238 g/mol. The van der Waals surface area contributed by atoms with E-state index in [0.717, 1.165) is 18.8 Å². The second kappa shape index (κ2) is 3.03. The maximum absolute atomic E-state index is 12.5. The predicted molar refractivity (Wildman–Crippen MR) is 72.3 cm³/mol. The van der Waals surface area contributed by atoms with Gasteiger partial charge in [-0.25, -0.2) is 0 Å². The Morgan fingerprint density at radius 1 is 1.21 bits per heavy atom. The Morgan fingerprint density at radius 2 is 1.89 bits per heavy atom. The van der Waals surface area contributed by atoms with E-state index < -0.39 is 0 Å². The molecule has 0 unspecified atom stereocenters. The van der Waals surface area contributed by atoms with Crippen LogP contribution in [0.4, 0.5) is 0 Å². The van der Waals surface area contributed by atoms with E-state index in [1.807, 2.05) is 6.92 Å². The highest BCUT2D eigenvalue weighted by atomic mass is 16.6. The van der Waals surface area contributed by atoms with Crippen molar-refractivity contribution in [3.05, 3.63) is 0 Å². The summed E-state index contributed by atoms with van der Waals surface area (Å²) in [5.41, 5.74) is -0.0810. The second-order valence-electron chi connectivity index (χ2n) is 8.33. The SMILES string of the molecule is C[C@@H]1C[C@@]2(C)O[C@@]3(C)[C@H](C[C@H]4C[C@@H]3C4(C)C)N2C1=O. The van der Waals surface area contributed by atoms with Crippen molar-refractivity contribution in [2.45, 2.75) is 71.2 Å². The first-order valence-electron chi connectivity index (χ1n) is 7.73. The molecule has 1 amide bonds. The van der Waals surface area contributed by atoms with Gasteiger partial charge in [0.2, 0.25) is 5.91 Å². The van der Waals surface area contributed by atoms with Crippen LogP contribution in [0.5, 0.6) is 0 Å². The fourth-order valence-electron chi connectivity index (χ4n) is 5.90. The van der Waals surface area contributed by atoms with Gasteiger partial charge in [-0.2, -0.15) is 0 Å². The molecule has 3 nitrogen and oxygen atoms in total. The topological polar surface area (TPSA) is 29.5 Å². The zero-order valence-corrected chi connectivity index (χ0v) is 12.7. The molecule has 0 spiro atoms. The molecule has 5 fully saturated rings. The van der Waals surface area contributed by atoms with Gasteiger partial charge < -0.3 is 9.64 Å². The number of rotatable bonds is 0. The van der Waals surface area contributed by atoms with Crippen molar-refractivity contribution >= 4 is 5.91 Å². The van der Waals surface area contributed by atoms with Gasteiger partial charge in [0.1, 0.15) is 5.72 Å². The minimum Gasteiger partial charge on any atom is -0.347 e. The zero-order valence-electron chi connectivity index (χ0n) is 12.7. The summed E-state index contributed by atoms with van der Waals surface area (Å²) in [7, 11) is 0. The van der Waals surface area contributed by atoms with Crippen LogP contribution < -0.4 is 0 Å². The Balaban J connectivity index is 1.77. The van der Waals surface area contributed by atoms with Crippen molar-refractivity contribution in [3.8, 4) is 0 Å². The van der Waals surface area contributed by atoms with Crippen LogP contribution in [0.15, 0.2) is 0 Å². The summed E-state index contributed by atoms with van der Waals surface area (Å²) in [5, 5.41) is 0. The minimum atomic E-state index is -0.344. The molecule has 2 heterocycles. The Morgan fingerprint density at radius 3 is 2.53 bits per heavy atom. The van der Waals surface area contributed by atoms with Crippen molar-refractivity contribution in [1.82, 2.24) is 4.90 Å². The van der Waals surface area contributed by atoms with Crippen LogP contribution in [0.1, 0.15) is 53.9 Å². The summed E-state index contributed by atoms with van der Waals surface area (Å²) in [6, 6.07) is 0.312. The Bertz CT molecular complexity index is 473. The third-order valence-electron chi connectivity index (χ3n) is 6.94.